The Kier molecular flexibility index (Phi) is 4.02. The SMILES string of the molecule is CNCC1CCCCN(C)C1c1ccco1. The molecule has 1 fully saturated rings. The van der Waals surface area contributed by atoms with Gasteiger partial charge in [0.15, 0.2) is 0 Å². The maximum Gasteiger partial charge on any atom is 0.121 e. The maximum atomic E-state index is 5.61. The molecule has 1 saturated heterocycles. The van der Waals surface area contributed by atoms with Crippen molar-refractivity contribution in [2.45, 2.75) is 25.3 Å². The topological polar surface area (TPSA) is 28.4 Å². The van der Waals surface area contributed by atoms with Gasteiger partial charge in [0.25, 0.3) is 0 Å². The van der Waals surface area contributed by atoms with Crippen LogP contribution in [0.25, 0.3) is 0 Å². The molecule has 1 aromatic heterocycles. The number of likely N-dealkylation sites (tertiary alicyclic amines) is 1. The van der Waals surface area contributed by atoms with Crippen LogP contribution in [0.4, 0.5) is 0 Å². The number of hydrogen-bond donors (Lipinski definition) is 1. The van der Waals surface area contributed by atoms with E-state index in [1.54, 1.807) is 6.26 Å². The molecule has 1 aliphatic heterocycles. The third-order valence-corrected chi connectivity index (χ3v) is 3.56. The molecule has 1 aromatic rings. The molecule has 0 radical (unpaired) electrons. The van der Waals surface area contributed by atoms with E-state index < -0.39 is 0 Å². The number of hydrogen-bond acceptors (Lipinski definition) is 3. The van der Waals surface area contributed by atoms with Crippen molar-refractivity contribution < 1.29 is 4.42 Å². The number of nitrogens with zero attached hydrogens (tertiary/aromatic N) is 1. The zero-order chi connectivity index (χ0) is 11.4. The Balaban J connectivity index is 2.19. The average Bonchev–Trinajstić information content (AvgIpc) is 2.72. The molecule has 3 heteroatoms. The van der Waals surface area contributed by atoms with E-state index >= 15 is 0 Å². The van der Waals surface area contributed by atoms with E-state index in [1.807, 2.05) is 13.1 Å². The minimum absolute atomic E-state index is 0.435. The summed E-state index contributed by atoms with van der Waals surface area (Å²) in [5.74, 6) is 1.77. The second kappa shape index (κ2) is 5.51. The number of furan rings is 1. The van der Waals surface area contributed by atoms with Gasteiger partial charge in [-0.1, -0.05) is 6.42 Å². The van der Waals surface area contributed by atoms with Crippen molar-refractivity contribution >= 4 is 0 Å². The Morgan fingerprint density at radius 1 is 1.50 bits per heavy atom. The number of rotatable bonds is 3. The maximum absolute atomic E-state index is 5.61. The highest BCUT2D eigenvalue weighted by Gasteiger charge is 2.30. The summed E-state index contributed by atoms with van der Waals surface area (Å²) in [7, 11) is 4.24. The molecule has 0 amide bonds. The van der Waals surface area contributed by atoms with Gasteiger partial charge in [-0.2, -0.15) is 0 Å². The van der Waals surface area contributed by atoms with Gasteiger partial charge in [-0.15, -0.1) is 0 Å². The summed E-state index contributed by atoms with van der Waals surface area (Å²) >= 11 is 0. The van der Waals surface area contributed by atoms with Crippen LogP contribution in [0, 0.1) is 5.92 Å². The molecule has 0 aromatic carbocycles. The molecule has 2 unspecified atom stereocenters. The first-order valence-corrected chi connectivity index (χ1v) is 6.21. The van der Waals surface area contributed by atoms with Crippen LogP contribution in [-0.2, 0) is 0 Å². The van der Waals surface area contributed by atoms with E-state index in [1.165, 1.54) is 25.8 Å². The minimum Gasteiger partial charge on any atom is -0.468 e. The molecule has 0 bridgehead atoms. The van der Waals surface area contributed by atoms with Crippen LogP contribution in [0.3, 0.4) is 0 Å². The summed E-state index contributed by atoms with van der Waals surface area (Å²) in [5.41, 5.74) is 0. The van der Waals surface area contributed by atoms with E-state index in [9.17, 15) is 0 Å². The first-order valence-electron chi connectivity index (χ1n) is 6.21. The Labute approximate surface area is 97.8 Å². The van der Waals surface area contributed by atoms with Gasteiger partial charge in [-0.3, -0.25) is 4.90 Å². The molecule has 0 aliphatic carbocycles. The number of nitrogens with one attached hydrogen (secondary N) is 1. The molecule has 2 atom stereocenters. The lowest BCUT2D eigenvalue weighted by atomic mass is 9.93. The Morgan fingerprint density at radius 2 is 2.38 bits per heavy atom. The lowest BCUT2D eigenvalue weighted by Crippen LogP contribution is -2.33. The Hall–Kier alpha value is -0.800. The first-order chi connectivity index (χ1) is 7.83. The van der Waals surface area contributed by atoms with Crippen LogP contribution >= 0.6 is 0 Å². The van der Waals surface area contributed by atoms with Crippen LogP contribution < -0.4 is 5.32 Å². The molecule has 16 heavy (non-hydrogen) atoms. The normalized spacial score (nSPS) is 27.9. The molecule has 90 valence electrons. The van der Waals surface area contributed by atoms with Crippen molar-refractivity contribution in [1.29, 1.82) is 0 Å². The standard InChI is InChI=1S/C13H22N2O/c1-14-10-11-6-3-4-8-15(2)13(11)12-7-5-9-16-12/h5,7,9,11,13-14H,3-4,6,8,10H2,1-2H3. The fourth-order valence-corrected chi connectivity index (χ4v) is 2.81. The zero-order valence-electron chi connectivity index (χ0n) is 10.3. The van der Waals surface area contributed by atoms with E-state index in [0.29, 0.717) is 12.0 Å². The van der Waals surface area contributed by atoms with E-state index in [-0.39, 0.29) is 0 Å². The van der Waals surface area contributed by atoms with Crippen LogP contribution in [-0.4, -0.2) is 32.1 Å². The van der Waals surface area contributed by atoms with Crippen molar-refractivity contribution in [2.75, 3.05) is 27.2 Å². The monoisotopic (exact) mass is 222 g/mol. The van der Waals surface area contributed by atoms with Gasteiger partial charge < -0.3 is 9.73 Å². The molecule has 0 saturated carbocycles. The van der Waals surface area contributed by atoms with Gasteiger partial charge in [-0.05, 0) is 58.1 Å². The largest absolute Gasteiger partial charge is 0.468 e. The predicted molar refractivity (Wildman–Crippen MR) is 65.3 cm³/mol. The highest BCUT2D eigenvalue weighted by atomic mass is 16.3. The van der Waals surface area contributed by atoms with Crippen molar-refractivity contribution in [3.05, 3.63) is 24.2 Å². The predicted octanol–water partition coefficient (Wildman–Crippen LogP) is 2.27. The summed E-state index contributed by atoms with van der Waals surface area (Å²) in [6.07, 6.45) is 5.70. The second-order valence-electron chi connectivity index (χ2n) is 4.75. The molecule has 2 rings (SSSR count). The van der Waals surface area contributed by atoms with Crippen LogP contribution in [0.2, 0.25) is 0 Å². The smallest absolute Gasteiger partial charge is 0.121 e. The molecular weight excluding hydrogens is 200 g/mol. The fourth-order valence-electron chi connectivity index (χ4n) is 2.81. The lowest BCUT2D eigenvalue weighted by molar-refractivity contribution is 0.164. The lowest BCUT2D eigenvalue weighted by Gasteiger charge is -2.30. The minimum atomic E-state index is 0.435. The molecule has 0 spiro atoms. The third-order valence-electron chi connectivity index (χ3n) is 3.56. The quantitative estimate of drug-likeness (QED) is 0.850. The highest BCUT2D eigenvalue weighted by molar-refractivity contribution is 5.07. The molecule has 2 heterocycles. The van der Waals surface area contributed by atoms with Gasteiger partial charge in [-0.25, -0.2) is 0 Å². The van der Waals surface area contributed by atoms with Crippen molar-refractivity contribution in [2.24, 2.45) is 5.92 Å². The van der Waals surface area contributed by atoms with Gasteiger partial charge in [0.2, 0.25) is 0 Å². The fraction of sp³-hybridized carbons (Fsp3) is 0.692. The molecule has 3 nitrogen and oxygen atoms in total. The summed E-state index contributed by atoms with van der Waals surface area (Å²) in [4.78, 5) is 2.44. The third kappa shape index (κ3) is 2.47. The van der Waals surface area contributed by atoms with Gasteiger partial charge in [0.1, 0.15) is 5.76 Å². The van der Waals surface area contributed by atoms with Gasteiger partial charge in [0, 0.05) is 0 Å². The zero-order valence-corrected chi connectivity index (χ0v) is 10.3. The molecule has 1 N–H and O–H groups in total. The van der Waals surface area contributed by atoms with Crippen molar-refractivity contribution in [3.8, 4) is 0 Å². The van der Waals surface area contributed by atoms with Gasteiger partial charge >= 0.3 is 0 Å². The van der Waals surface area contributed by atoms with Gasteiger partial charge in [0.05, 0.1) is 12.3 Å². The van der Waals surface area contributed by atoms with E-state index in [4.69, 9.17) is 4.42 Å². The second-order valence-corrected chi connectivity index (χ2v) is 4.75. The summed E-state index contributed by atoms with van der Waals surface area (Å²) in [5, 5.41) is 3.31. The van der Waals surface area contributed by atoms with Crippen LogP contribution in [0.1, 0.15) is 31.1 Å². The Bertz CT molecular complexity index is 297. The van der Waals surface area contributed by atoms with Crippen molar-refractivity contribution in [1.82, 2.24) is 10.2 Å². The van der Waals surface area contributed by atoms with E-state index in [0.717, 1.165) is 12.3 Å². The summed E-state index contributed by atoms with van der Waals surface area (Å²) in [6, 6.07) is 4.53. The first kappa shape index (κ1) is 11.7. The average molecular weight is 222 g/mol. The molecular formula is C13H22N2O. The Morgan fingerprint density at radius 3 is 3.06 bits per heavy atom. The summed E-state index contributed by atoms with van der Waals surface area (Å²) < 4.78 is 5.61. The molecule has 1 aliphatic rings. The van der Waals surface area contributed by atoms with Crippen LogP contribution in [0.5, 0.6) is 0 Å². The highest BCUT2D eigenvalue weighted by Crippen LogP contribution is 2.33. The van der Waals surface area contributed by atoms with Crippen molar-refractivity contribution in [3.63, 3.8) is 0 Å². The summed E-state index contributed by atoms with van der Waals surface area (Å²) in [6.45, 7) is 2.24. The van der Waals surface area contributed by atoms with Crippen LogP contribution in [0.15, 0.2) is 22.8 Å². The van der Waals surface area contributed by atoms with E-state index in [2.05, 4.69) is 23.3 Å².